The number of thioether (sulfide) groups is 1. The molecule has 31 heavy (non-hydrogen) atoms. The molecule has 0 aliphatic carbocycles. The molecule has 0 aromatic heterocycles. The van der Waals surface area contributed by atoms with Crippen LogP contribution in [0, 0.1) is 0 Å². The molecule has 0 bridgehead atoms. The van der Waals surface area contributed by atoms with Crippen molar-refractivity contribution in [3.05, 3.63) is 53.6 Å². The van der Waals surface area contributed by atoms with Crippen LogP contribution in [-0.4, -0.2) is 51.3 Å². The number of guanidine groups is 1. The number of methoxy groups -OCH3 is 2. The van der Waals surface area contributed by atoms with E-state index in [9.17, 15) is 0 Å². The summed E-state index contributed by atoms with van der Waals surface area (Å²) in [5, 5.41) is 6.70. The first-order valence-electron chi connectivity index (χ1n) is 10.4. The Balaban J connectivity index is 0.00000341. The van der Waals surface area contributed by atoms with Gasteiger partial charge in [0.15, 0.2) is 5.96 Å². The van der Waals surface area contributed by atoms with E-state index in [0.717, 1.165) is 42.7 Å². The van der Waals surface area contributed by atoms with Crippen molar-refractivity contribution < 1.29 is 9.47 Å². The third-order valence-corrected chi connectivity index (χ3v) is 5.96. The molecule has 2 aromatic rings. The summed E-state index contributed by atoms with van der Waals surface area (Å²) < 4.78 is 10.8. The maximum atomic E-state index is 5.48. The zero-order valence-electron chi connectivity index (χ0n) is 18.5. The molecule has 0 spiro atoms. The number of ether oxygens (including phenoxy) is 2. The Morgan fingerprint density at radius 3 is 2.42 bits per heavy atom. The van der Waals surface area contributed by atoms with E-state index in [4.69, 9.17) is 14.5 Å². The minimum atomic E-state index is 0. The second kappa shape index (κ2) is 13.6. The van der Waals surface area contributed by atoms with Crippen LogP contribution in [0.4, 0.5) is 5.69 Å². The highest BCUT2D eigenvalue weighted by Crippen LogP contribution is 2.24. The summed E-state index contributed by atoms with van der Waals surface area (Å²) in [7, 11) is 3.32. The Bertz CT molecular complexity index is 827. The molecule has 2 aromatic carbocycles. The average molecular weight is 557 g/mol. The fourth-order valence-corrected chi connectivity index (χ4v) is 4.23. The average Bonchev–Trinajstić information content (AvgIpc) is 2.81. The number of hydrogen-bond acceptors (Lipinski definition) is 5. The van der Waals surface area contributed by atoms with Crippen LogP contribution in [0.15, 0.2) is 47.5 Å². The van der Waals surface area contributed by atoms with Gasteiger partial charge < -0.3 is 25.0 Å². The summed E-state index contributed by atoms with van der Waals surface area (Å²) in [5.74, 6) is 4.78. The Hall–Kier alpha value is -1.81. The third kappa shape index (κ3) is 7.68. The fraction of sp³-hybridized carbons (Fsp3) is 0.435. The van der Waals surface area contributed by atoms with Crippen molar-refractivity contribution >= 4 is 47.4 Å². The molecule has 1 aliphatic rings. The lowest BCUT2D eigenvalue weighted by Crippen LogP contribution is -2.36. The van der Waals surface area contributed by atoms with Crippen LogP contribution >= 0.6 is 35.7 Å². The first-order valence-corrected chi connectivity index (χ1v) is 11.5. The van der Waals surface area contributed by atoms with Gasteiger partial charge in [-0.3, -0.25) is 0 Å². The third-order valence-electron chi connectivity index (χ3n) is 5.02. The highest BCUT2D eigenvalue weighted by Gasteiger charge is 2.11. The minimum Gasteiger partial charge on any atom is -0.497 e. The molecule has 170 valence electrons. The number of rotatable bonds is 8. The number of halogens is 1. The van der Waals surface area contributed by atoms with E-state index < -0.39 is 0 Å². The predicted octanol–water partition coefficient (Wildman–Crippen LogP) is 4.13. The minimum absolute atomic E-state index is 0. The molecule has 0 amide bonds. The summed E-state index contributed by atoms with van der Waals surface area (Å²) in [6, 6.07) is 14.6. The monoisotopic (exact) mass is 556 g/mol. The van der Waals surface area contributed by atoms with Gasteiger partial charge in [0, 0.05) is 55.0 Å². The van der Waals surface area contributed by atoms with Crippen molar-refractivity contribution in [3.8, 4) is 11.5 Å². The summed E-state index contributed by atoms with van der Waals surface area (Å²) in [6.45, 7) is 6.38. The zero-order valence-corrected chi connectivity index (χ0v) is 21.7. The van der Waals surface area contributed by atoms with Crippen LogP contribution in [-0.2, 0) is 13.1 Å². The van der Waals surface area contributed by atoms with Crippen molar-refractivity contribution in [2.75, 3.05) is 50.3 Å². The summed E-state index contributed by atoms with van der Waals surface area (Å²) in [6.07, 6.45) is 0. The number of benzene rings is 2. The smallest absolute Gasteiger partial charge is 0.191 e. The lowest BCUT2D eigenvalue weighted by molar-refractivity contribution is 0.390. The number of nitrogens with zero attached hydrogens (tertiary/aromatic N) is 2. The molecule has 6 nitrogen and oxygen atoms in total. The number of aliphatic imine (C=N–C) groups is 1. The van der Waals surface area contributed by atoms with Crippen molar-refractivity contribution in [3.63, 3.8) is 0 Å². The molecule has 1 fully saturated rings. The van der Waals surface area contributed by atoms with Gasteiger partial charge in [0.25, 0.3) is 0 Å². The van der Waals surface area contributed by atoms with E-state index in [0.29, 0.717) is 13.1 Å². The van der Waals surface area contributed by atoms with E-state index in [1.54, 1.807) is 14.2 Å². The predicted molar refractivity (Wildman–Crippen MR) is 143 cm³/mol. The van der Waals surface area contributed by atoms with Crippen LogP contribution in [0.5, 0.6) is 11.5 Å². The van der Waals surface area contributed by atoms with E-state index in [2.05, 4.69) is 46.7 Å². The molecule has 2 N–H and O–H groups in total. The van der Waals surface area contributed by atoms with Crippen molar-refractivity contribution in [2.24, 2.45) is 4.99 Å². The van der Waals surface area contributed by atoms with Crippen LogP contribution in [0.1, 0.15) is 18.1 Å². The van der Waals surface area contributed by atoms with Crippen LogP contribution in [0.25, 0.3) is 0 Å². The van der Waals surface area contributed by atoms with E-state index in [1.165, 1.54) is 22.8 Å². The standard InChI is InChI=1S/C23H32N4O2S.HI/c1-4-24-23(26-17-19-7-10-21(28-2)15-22(19)29-3)25-16-18-5-8-20(9-6-18)27-11-13-30-14-12-27;/h5-10,15H,4,11-14,16-17H2,1-3H3,(H2,24,25,26);1H. The highest BCUT2D eigenvalue weighted by atomic mass is 127. The number of nitrogens with one attached hydrogen (secondary N) is 2. The Morgan fingerprint density at radius 1 is 1.03 bits per heavy atom. The van der Waals surface area contributed by atoms with Gasteiger partial charge in [0.2, 0.25) is 0 Å². The molecule has 8 heteroatoms. The Kier molecular flexibility index (Phi) is 11.1. The quantitative estimate of drug-likeness (QED) is 0.290. The molecule has 0 unspecified atom stereocenters. The molecule has 3 rings (SSSR count). The fourth-order valence-electron chi connectivity index (χ4n) is 3.32. The summed E-state index contributed by atoms with van der Waals surface area (Å²) in [4.78, 5) is 7.20. The molecule has 0 radical (unpaired) electrons. The van der Waals surface area contributed by atoms with Crippen molar-refractivity contribution in [2.45, 2.75) is 20.0 Å². The van der Waals surface area contributed by atoms with Gasteiger partial charge in [0.05, 0.1) is 20.8 Å². The molecule has 0 saturated carbocycles. The molecule has 1 heterocycles. The first-order chi connectivity index (χ1) is 14.7. The van der Waals surface area contributed by atoms with Crippen LogP contribution in [0.2, 0.25) is 0 Å². The Labute approximate surface area is 207 Å². The van der Waals surface area contributed by atoms with Gasteiger partial charge in [-0.25, -0.2) is 4.99 Å². The van der Waals surface area contributed by atoms with Gasteiger partial charge in [-0.2, -0.15) is 11.8 Å². The largest absolute Gasteiger partial charge is 0.497 e. The van der Waals surface area contributed by atoms with Crippen molar-refractivity contribution in [1.82, 2.24) is 10.6 Å². The second-order valence-corrected chi connectivity index (χ2v) is 8.22. The molecule has 0 atom stereocenters. The Morgan fingerprint density at radius 2 is 1.77 bits per heavy atom. The molecular weight excluding hydrogens is 523 g/mol. The van der Waals surface area contributed by atoms with E-state index in [-0.39, 0.29) is 24.0 Å². The van der Waals surface area contributed by atoms with Gasteiger partial charge in [-0.1, -0.05) is 12.1 Å². The maximum absolute atomic E-state index is 5.48. The number of anilines is 1. The van der Waals surface area contributed by atoms with Crippen molar-refractivity contribution in [1.29, 1.82) is 0 Å². The van der Waals surface area contributed by atoms with Gasteiger partial charge >= 0.3 is 0 Å². The molecular formula is C23H33IN4O2S. The maximum Gasteiger partial charge on any atom is 0.191 e. The number of hydrogen-bond donors (Lipinski definition) is 2. The lowest BCUT2D eigenvalue weighted by atomic mass is 10.2. The van der Waals surface area contributed by atoms with E-state index >= 15 is 0 Å². The van der Waals surface area contributed by atoms with Crippen LogP contribution in [0.3, 0.4) is 0 Å². The summed E-state index contributed by atoms with van der Waals surface area (Å²) in [5.41, 5.74) is 3.55. The van der Waals surface area contributed by atoms with Crippen LogP contribution < -0.4 is 25.0 Å². The SMILES string of the molecule is CCNC(=NCc1ccc(N2CCSCC2)cc1)NCc1ccc(OC)cc1OC.I. The lowest BCUT2D eigenvalue weighted by Gasteiger charge is -2.28. The first kappa shape index (κ1) is 25.5. The van der Waals surface area contributed by atoms with E-state index in [1.807, 2.05) is 30.0 Å². The van der Waals surface area contributed by atoms with Gasteiger partial charge in [-0.15, -0.1) is 24.0 Å². The zero-order chi connectivity index (χ0) is 21.2. The normalized spacial score (nSPS) is 13.9. The highest BCUT2D eigenvalue weighted by molar-refractivity contribution is 14.0. The van der Waals surface area contributed by atoms with Gasteiger partial charge in [-0.05, 0) is 36.8 Å². The molecule has 1 saturated heterocycles. The second-order valence-electron chi connectivity index (χ2n) is 6.99. The topological polar surface area (TPSA) is 58.1 Å². The summed E-state index contributed by atoms with van der Waals surface area (Å²) >= 11 is 2.03. The molecule has 1 aliphatic heterocycles. The van der Waals surface area contributed by atoms with Gasteiger partial charge in [0.1, 0.15) is 11.5 Å².